The Morgan fingerprint density at radius 3 is 2.71 bits per heavy atom. The van der Waals surface area contributed by atoms with E-state index in [0.717, 1.165) is 11.3 Å². The summed E-state index contributed by atoms with van der Waals surface area (Å²) in [5.74, 6) is -2.01. The van der Waals surface area contributed by atoms with Crippen LogP contribution in [0.5, 0.6) is 0 Å². The molecule has 1 aromatic carbocycles. The van der Waals surface area contributed by atoms with Gasteiger partial charge < -0.3 is 10.5 Å². The topological polar surface area (TPSA) is 98.5 Å². The normalized spacial score (nSPS) is 10.4. The zero-order chi connectivity index (χ0) is 15.6. The Hall–Kier alpha value is -2.48. The highest BCUT2D eigenvalue weighted by atomic mass is 32.1. The molecule has 3 N–H and O–H groups in total. The van der Waals surface area contributed by atoms with Gasteiger partial charge in [0.2, 0.25) is 0 Å². The van der Waals surface area contributed by atoms with Crippen LogP contribution in [0, 0.1) is 12.7 Å². The number of aryl methyl sites for hydroxylation is 1. The maximum Gasteiger partial charge on any atom is 0.349 e. The minimum absolute atomic E-state index is 0.210. The van der Waals surface area contributed by atoms with E-state index < -0.39 is 30.3 Å². The predicted molar refractivity (Wildman–Crippen MR) is 74.5 cm³/mol. The fourth-order valence-corrected chi connectivity index (χ4v) is 2.93. The van der Waals surface area contributed by atoms with Crippen LogP contribution >= 0.6 is 11.3 Å². The Balaban J connectivity index is 2.17. The van der Waals surface area contributed by atoms with Gasteiger partial charge in [0.15, 0.2) is 6.61 Å². The van der Waals surface area contributed by atoms with Crippen LogP contribution in [0.25, 0.3) is 10.1 Å². The van der Waals surface area contributed by atoms with E-state index in [9.17, 15) is 18.8 Å². The van der Waals surface area contributed by atoms with E-state index >= 15 is 0 Å². The summed E-state index contributed by atoms with van der Waals surface area (Å²) in [5, 5.41) is 2.12. The number of imide groups is 1. The Bertz CT molecular complexity index is 741. The number of urea groups is 1. The number of nitrogens with one attached hydrogen (secondary N) is 1. The van der Waals surface area contributed by atoms with E-state index in [4.69, 9.17) is 10.5 Å². The molecule has 0 saturated heterocycles. The molecule has 2 rings (SSSR count). The van der Waals surface area contributed by atoms with Gasteiger partial charge in [-0.25, -0.2) is 14.0 Å². The molecule has 1 aromatic heterocycles. The van der Waals surface area contributed by atoms with E-state index in [1.807, 2.05) is 0 Å². The first-order valence-corrected chi connectivity index (χ1v) is 6.66. The molecular weight excluding hydrogens is 299 g/mol. The summed E-state index contributed by atoms with van der Waals surface area (Å²) in [5.41, 5.74) is 5.20. The smallest absolute Gasteiger partial charge is 0.349 e. The SMILES string of the molecule is Cc1c(C(=O)OCC(=O)NC(N)=O)sc2cccc(F)c12. The average Bonchev–Trinajstić information content (AvgIpc) is 2.74. The Kier molecular flexibility index (Phi) is 4.18. The molecule has 0 aliphatic heterocycles. The standard InChI is InChI=1S/C13H11FN2O4S/c1-6-10-7(14)3-2-4-8(10)21-11(6)12(18)20-5-9(17)16-13(15)19/h2-4H,5H2,1H3,(H3,15,16,17,19). The van der Waals surface area contributed by atoms with Crippen LogP contribution < -0.4 is 11.1 Å². The van der Waals surface area contributed by atoms with Gasteiger partial charge in [0.25, 0.3) is 5.91 Å². The minimum atomic E-state index is -1.03. The van der Waals surface area contributed by atoms with Crippen molar-refractivity contribution in [3.8, 4) is 0 Å². The van der Waals surface area contributed by atoms with Crippen molar-refractivity contribution in [2.45, 2.75) is 6.92 Å². The van der Waals surface area contributed by atoms with Crippen molar-refractivity contribution in [1.82, 2.24) is 5.32 Å². The number of rotatable bonds is 3. The second-order valence-electron chi connectivity index (χ2n) is 4.16. The summed E-state index contributed by atoms with van der Waals surface area (Å²) < 4.78 is 19.1. The molecule has 0 radical (unpaired) electrons. The van der Waals surface area contributed by atoms with Gasteiger partial charge in [-0.15, -0.1) is 11.3 Å². The second kappa shape index (κ2) is 5.88. The Labute approximate surface area is 122 Å². The molecule has 110 valence electrons. The van der Waals surface area contributed by atoms with Crippen molar-refractivity contribution < 1.29 is 23.5 Å². The highest BCUT2D eigenvalue weighted by molar-refractivity contribution is 7.21. The summed E-state index contributed by atoms with van der Waals surface area (Å²) in [6.45, 7) is 0.958. The van der Waals surface area contributed by atoms with Gasteiger partial charge in [-0.3, -0.25) is 10.1 Å². The molecule has 0 fully saturated rings. The first-order chi connectivity index (χ1) is 9.90. The fraction of sp³-hybridized carbons (Fsp3) is 0.154. The summed E-state index contributed by atoms with van der Waals surface area (Å²) in [4.78, 5) is 33.7. The van der Waals surface area contributed by atoms with E-state index in [-0.39, 0.29) is 4.88 Å². The molecule has 8 heteroatoms. The number of ether oxygens (including phenoxy) is 1. The van der Waals surface area contributed by atoms with E-state index in [2.05, 4.69) is 0 Å². The van der Waals surface area contributed by atoms with E-state index in [1.54, 1.807) is 24.4 Å². The van der Waals surface area contributed by atoms with Crippen molar-refractivity contribution in [2.24, 2.45) is 5.73 Å². The number of esters is 1. The molecule has 0 aliphatic carbocycles. The minimum Gasteiger partial charge on any atom is -0.451 e. The summed E-state index contributed by atoms with van der Waals surface area (Å²) in [6.07, 6.45) is 0. The lowest BCUT2D eigenvalue weighted by atomic mass is 10.1. The van der Waals surface area contributed by atoms with Crippen molar-refractivity contribution >= 4 is 39.3 Å². The lowest BCUT2D eigenvalue weighted by molar-refractivity contribution is -0.123. The van der Waals surface area contributed by atoms with Gasteiger partial charge in [-0.1, -0.05) is 6.07 Å². The molecule has 0 spiro atoms. The third-order valence-electron chi connectivity index (χ3n) is 2.69. The number of carbonyl (C=O) groups excluding carboxylic acids is 3. The zero-order valence-corrected chi connectivity index (χ0v) is 11.8. The molecule has 2 aromatic rings. The van der Waals surface area contributed by atoms with Gasteiger partial charge in [0, 0.05) is 10.1 Å². The number of amides is 3. The molecule has 0 unspecified atom stereocenters. The molecule has 0 atom stereocenters. The quantitative estimate of drug-likeness (QED) is 0.843. The van der Waals surface area contributed by atoms with Gasteiger partial charge in [0.05, 0.1) is 0 Å². The van der Waals surface area contributed by atoms with Crippen molar-refractivity contribution in [3.63, 3.8) is 0 Å². The second-order valence-corrected chi connectivity index (χ2v) is 5.21. The van der Waals surface area contributed by atoms with Crippen LogP contribution in [0.4, 0.5) is 9.18 Å². The van der Waals surface area contributed by atoms with Gasteiger partial charge >= 0.3 is 12.0 Å². The van der Waals surface area contributed by atoms with E-state index in [0.29, 0.717) is 15.6 Å². The predicted octanol–water partition coefficient (Wildman–Crippen LogP) is 1.70. The summed E-state index contributed by atoms with van der Waals surface area (Å²) in [7, 11) is 0. The third kappa shape index (κ3) is 3.16. The summed E-state index contributed by atoms with van der Waals surface area (Å²) >= 11 is 1.07. The van der Waals surface area contributed by atoms with Crippen molar-refractivity contribution in [2.75, 3.05) is 6.61 Å². The molecule has 0 saturated carbocycles. The first-order valence-electron chi connectivity index (χ1n) is 5.84. The number of thiophene rings is 1. The lowest BCUT2D eigenvalue weighted by Crippen LogP contribution is -2.37. The monoisotopic (exact) mass is 310 g/mol. The highest BCUT2D eigenvalue weighted by Crippen LogP contribution is 2.32. The maximum atomic E-state index is 13.7. The number of halogens is 1. The van der Waals surface area contributed by atoms with Crippen LogP contribution in [0.2, 0.25) is 0 Å². The number of nitrogens with two attached hydrogens (primary N) is 1. The zero-order valence-electron chi connectivity index (χ0n) is 10.9. The molecule has 1 heterocycles. The number of hydrogen-bond acceptors (Lipinski definition) is 5. The van der Waals surface area contributed by atoms with Crippen LogP contribution in [-0.2, 0) is 9.53 Å². The van der Waals surface area contributed by atoms with Crippen molar-refractivity contribution in [1.29, 1.82) is 0 Å². The van der Waals surface area contributed by atoms with Crippen LogP contribution in [0.1, 0.15) is 15.2 Å². The van der Waals surface area contributed by atoms with Gasteiger partial charge in [-0.2, -0.15) is 0 Å². The molecule has 3 amide bonds. The Morgan fingerprint density at radius 1 is 1.38 bits per heavy atom. The van der Waals surface area contributed by atoms with Gasteiger partial charge in [0.1, 0.15) is 10.7 Å². The molecule has 0 bridgehead atoms. The lowest BCUT2D eigenvalue weighted by Gasteiger charge is -2.03. The van der Waals surface area contributed by atoms with Crippen LogP contribution in [0.3, 0.4) is 0 Å². The number of fused-ring (bicyclic) bond motifs is 1. The largest absolute Gasteiger partial charge is 0.451 e. The molecule has 6 nitrogen and oxygen atoms in total. The van der Waals surface area contributed by atoms with Gasteiger partial charge in [-0.05, 0) is 24.6 Å². The molecule has 0 aliphatic rings. The number of carbonyl (C=O) groups is 3. The van der Waals surface area contributed by atoms with Crippen LogP contribution in [0.15, 0.2) is 18.2 Å². The molecule has 21 heavy (non-hydrogen) atoms. The van der Waals surface area contributed by atoms with Crippen LogP contribution in [-0.4, -0.2) is 24.5 Å². The number of benzene rings is 1. The summed E-state index contributed by atoms with van der Waals surface area (Å²) in [6, 6.07) is 3.50. The maximum absolute atomic E-state index is 13.7. The average molecular weight is 310 g/mol. The number of hydrogen-bond donors (Lipinski definition) is 2. The Morgan fingerprint density at radius 2 is 2.10 bits per heavy atom. The highest BCUT2D eigenvalue weighted by Gasteiger charge is 2.19. The van der Waals surface area contributed by atoms with Crippen molar-refractivity contribution in [3.05, 3.63) is 34.5 Å². The fourth-order valence-electron chi connectivity index (χ4n) is 1.82. The number of primary amides is 1. The molecular formula is C13H11FN2O4S. The first kappa shape index (κ1) is 14.9. The third-order valence-corrected chi connectivity index (χ3v) is 3.92. The van der Waals surface area contributed by atoms with E-state index in [1.165, 1.54) is 6.07 Å².